The fourth-order valence-corrected chi connectivity index (χ4v) is 6.47. The van der Waals surface area contributed by atoms with Gasteiger partial charge in [0.2, 0.25) is 5.91 Å². The minimum atomic E-state index is -1.53. The summed E-state index contributed by atoms with van der Waals surface area (Å²) in [6.45, 7) is 3.84. The lowest BCUT2D eigenvalue weighted by molar-refractivity contribution is -0.124. The molecule has 4 aromatic rings. The normalized spacial score (nSPS) is 24.9. The van der Waals surface area contributed by atoms with Crippen molar-refractivity contribution in [3.8, 4) is 16.9 Å². The number of aromatic nitrogens is 2. The van der Waals surface area contributed by atoms with E-state index in [0.717, 1.165) is 11.3 Å². The summed E-state index contributed by atoms with van der Waals surface area (Å²) in [5, 5.41) is 13.8. The Morgan fingerprint density at radius 2 is 1.36 bits per heavy atom. The van der Waals surface area contributed by atoms with E-state index in [-0.39, 0.29) is 5.78 Å². The molecule has 7 rings (SSSR count). The van der Waals surface area contributed by atoms with Crippen LogP contribution in [0, 0.1) is 11.3 Å². The van der Waals surface area contributed by atoms with Crippen molar-refractivity contribution in [2.24, 2.45) is 21.6 Å². The van der Waals surface area contributed by atoms with Gasteiger partial charge in [-0.1, -0.05) is 80.6 Å². The van der Waals surface area contributed by atoms with Crippen LogP contribution in [0.2, 0.25) is 0 Å². The van der Waals surface area contributed by atoms with Gasteiger partial charge in [0.05, 0.1) is 28.3 Å². The Labute approximate surface area is 225 Å². The third-order valence-corrected chi connectivity index (χ3v) is 8.30. The zero-order valence-electron chi connectivity index (χ0n) is 21.5. The second-order valence-corrected chi connectivity index (χ2v) is 10.9. The lowest BCUT2D eigenvalue weighted by atomic mass is 9.56. The minimum Gasteiger partial charge on any atom is -0.291 e. The first-order chi connectivity index (χ1) is 18.8. The Kier molecular flexibility index (Phi) is 4.88. The van der Waals surface area contributed by atoms with Gasteiger partial charge in [-0.3, -0.25) is 14.4 Å². The summed E-state index contributed by atoms with van der Waals surface area (Å²) >= 11 is 0. The summed E-state index contributed by atoms with van der Waals surface area (Å²) in [4.78, 5) is 43.5. The lowest BCUT2D eigenvalue weighted by Gasteiger charge is -2.45. The molecule has 192 valence electrons. The third-order valence-electron chi connectivity index (χ3n) is 8.30. The van der Waals surface area contributed by atoms with Gasteiger partial charge in [-0.25, -0.2) is 9.58 Å². The predicted octanol–water partition coefficient (Wildman–Crippen LogP) is 5.07. The molecule has 1 saturated heterocycles. The minimum absolute atomic E-state index is 0.318. The Morgan fingerprint density at radius 1 is 0.769 bits per heavy atom. The Morgan fingerprint density at radius 3 is 2.00 bits per heavy atom. The molecular weight excluding hydrogens is 490 g/mol. The fraction of sp³-hybridized carbons (Fsp3) is 0.226. The first kappa shape index (κ1) is 23.4. The van der Waals surface area contributed by atoms with Crippen molar-refractivity contribution in [2.45, 2.75) is 31.8 Å². The Bertz CT molecular complexity index is 1680. The molecule has 0 radical (unpaired) electrons. The molecule has 39 heavy (non-hydrogen) atoms. The van der Waals surface area contributed by atoms with E-state index < -0.39 is 34.7 Å². The summed E-state index contributed by atoms with van der Waals surface area (Å²) in [7, 11) is 0. The van der Waals surface area contributed by atoms with Gasteiger partial charge in [0.15, 0.2) is 17.4 Å². The summed E-state index contributed by atoms with van der Waals surface area (Å²) in [5.41, 5.74) is 1.48. The molecule has 1 fully saturated rings. The molecule has 1 spiro atoms. The molecule has 3 unspecified atom stereocenters. The van der Waals surface area contributed by atoms with E-state index in [4.69, 9.17) is 5.10 Å². The van der Waals surface area contributed by atoms with Crippen molar-refractivity contribution in [2.75, 3.05) is 4.90 Å². The van der Waals surface area contributed by atoms with Crippen LogP contribution in [0.5, 0.6) is 0 Å². The van der Waals surface area contributed by atoms with Crippen LogP contribution in [0.25, 0.3) is 16.9 Å². The van der Waals surface area contributed by atoms with Gasteiger partial charge < -0.3 is 0 Å². The van der Waals surface area contributed by atoms with Crippen LogP contribution in [0.3, 0.4) is 0 Å². The van der Waals surface area contributed by atoms with E-state index >= 15 is 0 Å². The van der Waals surface area contributed by atoms with Crippen LogP contribution >= 0.6 is 0 Å². The smallest absolute Gasteiger partial charge is 0.261 e. The number of hydrogen-bond acceptors (Lipinski definition) is 6. The monoisotopic (exact) mass is 515 g/mol. The van der Waals surface area contributed by atoms with Gasteiger partial charge in [-0.2, -0.15) is 15.3 Å². The van der Waals surface area contributed by atoms with Crippen molar-refractivity contribution in [1.82, 2.24) is 9.78 Å². The summed E-state index contributed by atoms with van der Waals surface area (Å²) in [6.07, 6.45) is 0.392. The van der Waals surface area contributed by atoms with Gasteiger partial charge in [0, 0.05) is 17.4 Å². The van der Waals surface area contributed by atoms with Gasteiger partial charge >= 0.3 is 0 Å². The van der Waals surface area contributed by atoms with Crippen molar-refractivity contribution >= 4 is 23.3 Å². The van der Waals surface area contributed by atoms with Crippen LogP contribution in [0.15, 0.2) is 101 Å². The van der Waals surface area contributed by atoms with E-state index in [2.05, 4.69) is 10.2 Å². The van der Waals surface area contributed by atoms with Crippen molar-refractivity contribution in [1.29, 1.82) is 0 Å². The molecule has 3 aromatic carbocycles. The van der Waals surface area contributed by atoms with Crippen LogP contribution in [0.4, 0.5) is 5.69 Å². The number of azo groups is 1. The topological polar surface area (TPSA) is 97.0 Å². The number of amides is 2. The summed E-state index contributed by atoms with van der Waals surface area (Å²) in [5.74, 6) is -2.23. The first-order valence-electron chi connectivity index (χ1n) is 13.0. The van der Waals surface area contributed by atoms with Gasteiger partial charge in [0.25, 0.3) is 5.91 Å². The van der Waals surface area contributed by atoms with Crippen LogP contribution in [0.1, 0.15) is 29.9 Å². The highest BCUT2D eigenvalue weighted by molar-refractivity contribution is 6.27. The zero-order chi connectivity index (χ0) is 26.9. The molecule has 0 bridgehead atoms. The highest BCUT2D eigenvalue weighted by Gasteiger charge is 2.72. The van der Waals surface area contributed by atoms with E-state index in [0.29, 0.717) is 29.1 Å². The van der Waals surface area contributed by atoms with Crippen molar-refractivity contribution < 1.29 is 14.4 Å². The number of anilines is 1. The number of nitrogens with zero attached hydrogens (tertiary/aromatic N) is 5. The van der Waals surface area contributed by atoms with Gasteiger partial charge in [0.1, 0.15) is 5.92 Å². The number of hydrogen-bond donors (Lipinski definition) is 0. The number of ketones is 1. The quantitative estimate of drug-likeness (QED) is 0.356. The molecule has 2 amide bonds. The van der Waals surface area contributed by atoms with Crippen molar-refractivity contribution in [3.05, 3.63) is 102 Å². The molecule has 3 atom stereocenters. The second-order valence-electron chi connectivity index (χ2n) is 10.9. The average Bonchev–Trinajstić information content (AvgIpc) is 3.61. The van der Waals surface area contributed by atoms with Crippen molar-refractivity contribution in [3.63, 3.8) is 0 Å². The number of carbonyl (C=O) groups is 3. The second kappa shape index (κ2) is 8.14. The zero-order valence-corrected chi connectivity index (χ0v) is 21.5. The number of fused-ring (bicyclic) bond motifs is 3. The maximum absolute atomic E-state index is 14.8. The highest BCUT2D eigenvalue weighted by atomic mass is 16.2. The Balaban J connectivity index is 1.43. The van der Waals surface area contributed by atoms with Crippen LogP contribution in [-0.4, -0.2) is 39.0 Å². The molecule has 1 aliphatic carbocycles. The molecular formula is C31H25N5O3. The van der Waals surface area contributed by atoms with Crippen LogP contribution in [-0.2, 0) is 16.0 Å². The van der Waals surface area contributed by atoms with E-state index in [1.165, 1.54) is 4.90 Å². The molecule has 1 aromatic heterocycles. The van der Waals surface area contributed by atoms with Gasteiger partial charge in [-0.05, 0) is 24.3 Å². The number of carbonyl (C=O) groups excluding carboxylic acids is 3. The maximum Gasteiger partial charge on any atom is 0.261 e. The maximum atomic E-state index is 14.8. The number of benzene rings is 3. The van der Waals surface area contributed by atoms with E-state index in [1.807, 2.05) is 80.6 Å². The standard InChI is InChI=1S/C31H25N5O3/c1-30(2)18-22-23(26(19-12-6-3-7-13-19)36(33-22)21-16-10-5-11-17-21)27(37)31(30)24-25(32-34-31)29(39)35(28(24)38)20-14-8-4-9-15-20/h3-17,24-25H,18H2,1-2H3. The molecule has 8 heteroatoms. The number of rotatable bonds is 3. The summed E-state index contributed by atoms with van der Waals surface area (Å²) in [6, 6.07) is 27.1. The lowest BCUT2D eigenvalue weighted by Crippen LogP contribution is -2.60. The highest BCUT2D eigenvalue weighted by Crippen LogP contribution is 2.57. The van der Waals surface area contributed by atoms with Gasteiger partial charge in [-0.15, -0.1) is 0 Å². The predicted molar refractivity (Wildman–Crippen MR) is 145 cm³/mol. The summed E-state index contributed by atoms with van der Waals surface area (Å²) < 4.78 is 1.80. The number of imide groups is 1. The third kappa shape index (κ3) is 3.05. The average molecular weight is 516 g/mol. The first-order valence-corrected chi connectivity index (χ1v) is 13.0. The molecule has 0 N–H and O–H groups in total. The Hall–Kier alpha value is -4.72. The molecule has 8 nitrogen and oxygen atoms in total. The van der Waals surface area contributed by atoms with E-state index in [1.54, 1.807) is 28.9 Å². The fourth-order valence-electron chi connectivity index (χ4n) is 6.47. The largest absolute Gasteiger partial charge is 0.291 e. The molecule has 0 saturated carbocycles. The molecule has 2 aliphatic heterocycles. The van der Waals surface area contributed by atoms with Crippen LogP contribution < -0.4 is 4.90 Å². The number of Topliss-reactive ketones (excluding diaryl/α,β-unsaturated/α-hetero) is 1. The molecule has 3 heterocycles. The molecule has 3 aliphatic rings. The van der Waals surface area contributed by atoms with E-state index in [9.17, 15) is 14.4 Å². The number of para-hydroxylation sites is 2. The SMILES string of the molecule is CC1(C)Cc2nn(-c3ccccc3)c(-c3ccccc3)c2C(=O)C12N=NC1C(=O)N(c3ccccc3)C(=O)C12.